The van der Waals surface area contributed by atoms with Gasteiger partial charge in [-0.25, -0.2) is 9.48 Å². The Labute approximate surface area is 173 Å². The fourth-order valence-electron chi connectivity index (χ4n) is 3.14. The van der Waals surface area contributed by atoms with Gasteiger partial charge in [0.05, 0.1) is 11.3 Å². The minimum absolute atomic E-state index is 0.135. The van der Waals surface area contributed by atoms with Gasteiger partial charge in [0.1, 0.15) is 18.0 Å². The van der Waals surface area contributed by atoms with Crippen molar-refractivity contribution in [2.24, 2.45) is 0 Å². The summed E-state index contributed by atoms with van der Waals surface area (Å²) in [7, 11) is 0. The van der Waals surface area contributed by atoms with E-state index in [1.54, 1.807) is 18.2 Å². The van der Waals surface area contributed by atoms with Crippen LogP contribution in [0, 0.1) is 6.92 Å². The first kappa shape index (κ1) is 20.4. The van der Waals surface area contributed by atoms with E-state index in [0.717, 1.165) is 22.2 Å². The van der Waals surface area contributed by atoms with Gasteiger partial charge in [0.15, 0.2) is 0 Å². The van der Waals surface area contributed by atoms with E-state index < -0.39 is 28.8 Å². The predicted molar refractivity (Wildman–Crippen MR) is 105 cm³/mol. The minimum atomic E-state index is -4.64. The van der Waals surface area contributed by atoms with Crippen LogP contribution < -0.4 is 5.43 Å². The molecule has 2 aromatic heterocycles. The summed E-state index contributed by atoms with van der Waals surface area (Å²) in [4.78, 5) is 24.7. The van der Waals surface area contributed by atoms with Crippen LogP contribution in [0.3, 0.4) is 0 Å². The van der Waals surface area contributed by atoms with Crippen molar-refractivity contribution in [2.75, 3.05) is 0 Å². The zero-order valence-electron chi connectivity index (χ0n) is 16.1. The number of carbonyl (C=O) groups excluding carboxylic acids is 1. The molecule has 2 aromatic carbocycles. The SMILES string of the molecule is Cc1cc(=O)c(C(=O)OCc2cc3ccccc3o2)nn1-c1ccccc1C(F)(F)F. The first-order valence-electron chi connectivity index (χ1n) is 9.16. The fraction of sp³-hybridized carbons (Fsp3) is 0.136. The lowest BCUT2D eigenvalue weighted by atomic mass is 10.1. The second kappa shape index (κ2) is 7.75. The summed E-state index contributed by atoms with van der Waals surface area (Å²) < 4.78 is 51.8. The van der Waals surface area contributed by atoms with Gasteiger partial charge < -0.3 is 9.15 Å². The van der Waals surface area contributed by atoms with Crippen molar-refractivity contribution in [3.63, 3.8) is 0 Å². The monoisotopic (exact) mass is 428 g/mol. The number of hydrogen-bond acceptors (Lipinski definition) is 5. The maximum Gasteiger partial charge on any atom is 0.418 e. The van der Waals surface area contributed by atoms with Crippen LogP contribution in [0.25, 0.3) is 16.7 Å². The van der Waals surface area contributed by atoms with Crippen molar-refractivity contribution >= 4 is 16.9 Å². The molecule has 0 aliphatic heterocycles. The molecule has 0 unspecified atom stereocenters. The van der Waals surface area contributed by atoms with Gasteiger partial charge in [-0.05, 0) is 31.2 Å². The number of nitrogens with zero attached hydrogens (tertiary/aromatic N) is 2. The maximum atomic E-state index is 13.4. The highest BCUT2D eigenvalue weighted by Crippen LogP contribution is 2.33. The van der Waals surface area contributed by atoms with E-state index in [1.165, 1.54) is 25.1 Å². The van der Waals surface area contributed by atoms with Gasteiger partial charge in [-0.1, -0.05) is 30.3 Å². The van der Waals surface area contributed by atoms with E-state index in [0.29, 0.717) is 11.3 Å². The Morgan fingerprint density at radius 2 is 1.81 bits per heavy atom. The summed E-state index contributed by atoms with van der Waals surface area (Å²) >= 11 is 0. The molecular weight excluding hydrogens is 413 g/mol. The Morgan fingerprint density at radius 1 is 1.10 bits per heavy atom. The summed E-state index contributed by atoms with van der Waals surface area (Å²) in [5, 5.41) is 4.68. The van der Waals surface area contributed by atoms with E-state index >= 15 is 0 Å². The number of rotatable bonds is 4. The number of carbonyl (C=O) groups is 1. The van der Waals surface area contributed by atoms with Crippen LogP contribution in [0.5, 0.6) is 0 Å². The highest BCUT2D eigenvalue weighted by atomic mass is 19.4. The van der Waals surface area contributed by atoms with Gasteiger partial charge in [-0.15, -0.1) is 0 Å². The number of halogens is 3. The average molecular weight is 428 g/mol. The minimum Gasteiger partial charge on any atom is -0.457 e. The van der Waals surface area contributed by atoms with E-state index in [4.69, 9.17) is 9.15 Å². The molecule has 158 valence electrons. The lowest BCUT2D eigenvalue weighted by Crippen LogP contribution is -2.25. The third kappa shape index (κ3) is 4.07. The zero-order valence-corrected chi connectivity index (χ0v) is 16.1. The van der Waals surface area contributed by atoms with Crippen molar-refractivity contribution in [1.82, 2.24) is 9.78 Å². The predicted octanol–water partition coefficient (Wildman–Crippen LogP) is 4.66. The summed E-state index contributed by atoms with van der Waals surface area (Å²) in [6.07, 6.45) is -4.64. The molecule has 0 radical (unpaired) electrons. The molecule has 0 aliphatic carbocycles. The fourth-order valence-corrected chi connectivity index (χ4v) is 3.14. The van der Waals surface area contributed by atoms with E-state index in [2.05, 4.69) is 5.10 Å². The van der Waals surface area contributed by atoms with Gasteiger partial charge in [0.2, 0.25) is 11.1 Å². The van der Waals surface area contributed by atoms with Crippen LogP contribution in [0.4, 0.5) is 13.2 Å². The molecule has 0 bridgehead atoms. The number of benzene rings is 2. The van der Waals surface area contributed by atoms with Crippen molar-refractivity contribution in [1.29, 1.82) is 0 Å². The van der Waals surface area contributed by atoms with Crippen LogP contribution in [0.2, 0.25) is 0 Å². The molecule has 2 heterocycles. The topological polar surface area (TPSA) is 74.3 Å². The second-order valence-corrected chi connectivity index (χ2v) is 6.75. The van der Waals surface area contributed by atoms with E-state index in [1.807, 2.05) is 12.1 Å². The summed E-state index contributed by atoms with van der Waals surface area (Å²) in [5.41, 5.74) is -1.90. The lowest BCUT2D eigenvalue weighted by molar-refractivity contribution is -0.137. The number of para-hydroxylation sites is 2. The number of aryl methyl sites for hydroxylation is 1. The Kier molecular flexibility index (Phi) is 5.10. The standard InChI is InChI=1S/C22H15F3N2O4/c1-13-10-18(28)20(26-27(13)17-8-4-3-7-16(17)22(23,24)25)21(29)30-12-15-11-14-6-2-5-9-19(14)31-15/h2-11H,12H2,1H3. The van der Waals surface area contributed by atoms with Crippen molar-refractivity contribution in [2.45, 2.75) is 19.7 Å². The number of hydrogen-bond donors (Lipinski definition) is 0. The number of esters is 1. The Morgan fingerprint density at radius 3 is 2.55 bits per heavy atom. The number of furan rings is 1. The summed E-state index contributed by atoms with van der Waals surface area (Å²) in [6.45, 7) is 1.16. The molecule has 4 aromatic rings. The molecule has 31 heavy (non-hydrogen) atoms. The van der Waals surface area contributed by atoms with Crippen LogP contribution in [-0.4, -0.2) is 15.7 Å². The second-order valence-electron chi connectivity index (χ2n) is 6.75. The van der Waals surface area contributed by atoms with Gasteiger partial charge in [-0.3, -0.25) is 4.79 Å². The lowest BCUT2D eigenvalue weighted by Gasteiger charge is -2.16. The highest BCUT2D eigenvalue weighted by Gasteiger charge is 2.34. The molecule has 0 saturated heterocycles. The molecule has 0 atom stereocenters. The largest absolute Gasteiger partial charge is 0.457 e. The first-order valence-corrected chi connectivity index (χ1v) is 9.16. The van der Waals surface area contributed by atoms with Gasteiger partial charge >= 0.3 is 12.1 Å². The first-order chi connectivity index (χ1) is 14.7. The molecule has 0 amide bonds. The number of fused-ring (bicyclic) bond motifs is 1. The van der Waals surface area contributed by atoms with Gasteiger partial charge in [0, 0.05) is 17.1 Å². The Balaban J connectivity index is 1.65. The Bertz CT molecular complexity index is 1310. The van der Waals surface area contributed by atoms with Crippen LogP contribution >= 0.6 is 0 Å². The van der Waals surface area contributed by atoms with Crippen molar-refractivity contribution < 1.29 is 27.1 Å². The quantitative estimate of drug-likeness (QED) is 0.442. The number of alkyl halides is 3. The normalized spacial score (nSPS) is 11.6. The molecule has 0 spiro atoms. The van der Waals surface area contributed by atoms with Crippen LogP contribution in [0.1, 0.15) is 27.5 Å². The van der Waals surface area contributed by atoms with Gasteiger partial charge in [0.25, 0.3) is 0 Å². The molecule has 6 nitrogen and oxygen atoms in total. The average Bonchev–Trinajstić information content (AvgIpc) is 3.14. The molecule has 9 heteroatoms. The van der Waals surface area contributed by atoms with Gasteiger partial charge in [-0.2, -0.15) is 18.3 Å². The summed E-state index contributed by atoms with van der Waals surface area (Å²) in [6, 6.07) is 14.7. The van der Waals surface area contributed by atoms with Crippen LogP contribution in [0.15, 0.2) is 69.9 Å². The number of ether oxygens (including phenoxy) is 1. The molecule has 0 N–H and O–H groups in total. The zero-order chi connectivity index (χ0) is 22.2. The molecular formula is C22H15F3N2O4. The smallest absolute Gasteiger partial charge is 0.418 e. The maximum absolute atomic E-state index is 13.4. The molecule has 4 rings (SSSR count). The number of aromatic nitrogens is 2. The van der Waals surface area contributed by atoms with Crippen LogP contribution in [-0.2, 0) is 17.5 Å². The molecule has 0 aliphatic rings. The third-order valence-corrected chi connectivity index (χ3v) is 4.56. The molecule has 0 fully saturated rings. The van der Waals surface area contributed by atoms with E-state index in [-0.39, 0.29) is 18.0 Å². The van der Waals surface area contributed by atoms with Crippen molar-refractivity contribution in [3.8, 4) is 5.69 Å². The third-order valence-electron chi connectivity index (χ3n) is 4.56. The van der Waals surface area contributed by atoms with E-state index in [9.17, 15) is 22.8 Å². The summed E-state index contributed by atoms with van der Waals surface area (Å²) in [5.74, 6) is -0.715. The Hall–Kier alpha value is -3.88. The molecule has 0 saturated carbocycles. The van der Waals surface area contributed by atoms with Crippen molar-refractivity contribution in [3.05, 3.63) is 93.6 Å². The highest BCUT2D eigenvalue weighted by molar-refractivity contribution is 5.87.